The highest BCUT2D eigenvalue weighted by Gasteiger charge is 2.29. The number of nitrogens with zero attached hydrogens (tertiary/aromatic N) is 2. The van der Waals surface area contributed by atoms with Crippen molar-refractivity contribution in [1.82, 2.24) is 4.90 Å². The van der Waals surface area contributed by atoms with Crippen LogP contribution in [0, 0.1) is 22.7 Å². The van der Waals surface area contributed by atoms with Gasteiger partial charge in [0.15, 0.2) is 0 Å². The Hall–Kier alpha value is -0.590. The first kappa shape index (κ1) is 11.5. The van der Waals surface area contributed by atoms with Crippen molar-refractivity contribution in [2.75, 3.05) is 26.2 Å². The van der Waals surface area contributed by atoms with Crippen LogP contribution in [0.25, 0.3) is 0 Å². The molecule has 0 aromatic carbocycles. The Morgan fingerprint density at radius 1 is 1.50 bits per heavy atom. The van der Waals surface area contributed by atoms with Crippen LogP contribution in [0.15, 0.2) is 0 Å². The number of aliphatic hydroxyl groups excluding tert-OH is 1. The van der Waals surface area contributed by atoms with Crippen LogP contribution >= 0.6 is 0 Å². The summed E-state index contributed by atoms with van der Waals surface area (Å²) in [6, 6.07) is 2.39. The smallest absolute Gasteiger partial charge is 0.0687 e. The highest BCUT2D eigenvalue weighted by atomic mass is 16.3. The molecule has 0 aromatic heterocycles. The van der Waals surface area contributed by atoms with Gasteiger partial charge in [0.2, 0.25) is 0 Å². The van der Waals surface area contributed by atoms with E-state index in [0.717, 1.165) is 32.5 Å². The van der Waals surface area contributed by atoms with E-state index in [4.69, 9.17) is 10.4 Å². The Bertz CT molecular complexity index is 214. The molecular formula is C11H20N2O. The summed E-state index contributed by atoms with van der Waals surface area (Å²) in [7, 11) is 0. The summed E-state index contributed by atoms with van der Waals surface area (Å²) in [6.07, 6.45) is 1.92. The second-order valence-electron chi connectivity index (χ2n) is 4.76. The largest absolute Gasteiger partial charge is 0.396 e. The Morgan fingerprint density at radius 3 is 2.50 bits per heavy atom. The van der Waals surface area contributed by atoms with Crippen LogP contribution in [-0.2, 0) is 0 Å². The van der Waals surface area contributed by atoms with Crippen molar-refractivity contribution in [3.63, 3.8) is 0 Å². The first-order valence-corrected chi connectivity index (χ1v) is 5.34. The van der Waals surface area contributed by atoms with E-state index in [9.17, 15) is 0 Å². The van der Waals surface area contributed by atoms with E-state index in [0.29, 0.717) is 5.92 Å². The van der Waals surface area contributed by atoms with E-state index in [1.54, 1.807) is 0 Å². The van der Waals surface area contributed by atoms with Crippen LogP contribution < -0.4 is 0 Å². The summed E-state index contributed by atoms with van der Waals surface area (Å²) in [5, 5.41) is 17.9. The van der Waals surface area contributed by atoms with Crippen molar-refractivity contribution in [2.45, 2.75) is 26.7 Å². The molecule has 1 atom stereocenters. The zero-order chi connectivity index (χ0) is 10.6. The third kappa shape index (κ3) is 2.97. The van der Waals surface area contributed by atoms with Gasteiger partial charge in [0.25, 0.3) is 0 Å². The molecule has 0 saturated carbocycles. The zero-order valence-electron chi connectivity index (χ0n) is 9.16. The maximum Gasteiger partial charge on any atom is 0.0687 e. The summed E-state index contributed by atoms with van der Waals surface area (Å²) in [5.74, 6) is 0.349. The molecule has 1 aliphatic rings. The third-order valence-corrected chi connectivity index (χ3v) is 3.11. The lowest BCUT2D eigenvalue weighted by Gasteiger charge is -2.35. The SMILES string of the molecule is CC(CO)CN1CCC(C)(C#N)CC1. The average Bonchev–Trinajstić information content (AvgIpc) is 2.21. The molecule has 0 aliphatic carbocycles. The summed E-state index contributed by atoms with van der Waals surface area (Å²) in [5.41, 5.74) is -0.112. The lowest BCUT2D eigenvalue weighted by Crippen LogP contribution is -2.40. The van der Waals surface area contributed by atoms with Gasteiger partial charge in [0, 0.05) is 13.2 Å². The van der Waals surface area contributed by atoms with Gasteiger partial charge in [-0.2, -0.15) is 5.26 Å². The molecule has 1 unspecified atom stereocenters. The summed E-state index contributed by atoms with van der Waals surface area (Å²) in [6.45, 7) is 7.30. The van der Waals surface area contributed by atoms with Crippen molar-refractivity contribution in [3.05, 3.63) is 0 Å². The fraction of sp³-hybridized carbons (Fsp3) is 0.909. The predicted molar refractivity (Wildman–Crippen MR) is 55.6 cm³/mol. The Morgan fingerprint density at radius 2 is 2.07 bits per heavy atom. The molecule has 1 fully saturated rings. The molecule has 0 aromatic rings. The second kappa shape index (κ2) is 4.77. The van der Waals surface area contributed by atoms with Crippen molar-refractivity contribution in [2.24, 2.45) is 11.3 Å². The van der Waals surface area contributed by atoms with Crippen LogP contribution in [0.5, 0.6) is 0 Å². The molecule has 0 radical (unpaired) electrons. The molecule has 1 N–H and O–H groups in total. The maximum atomic E-state index is 8.96. The van der Waals surface area contributed by atoms with E-state index in [-0.39, 0.29) is 12.0 Å². The Labute approximate surface area is 86.3 Å². The predicted octanol–water partition coefficient (Wildman–Crippen LogP) is 1.24. The number of likely N-dealkylation sites (tertiary alicyclic amines) is 1. The highest BCUT2D eigenvalue weighted by molar-refractivity contribution is 4.98. The minimum absolute atomic E-state index is 0.112. The Balaban J connectivity index is 2.33. The van der Waals surface area contributed by atoms with Gasteiger partial charge in [-0.05, 0) is 38.8 Å². The molecule has 1 saturated heterocycles. The molecule has 1 aliphatic heterocycles. The third-order valence-electron chi connectivity index (χ3n) is 3.11. The Kier molecular flexibility index (Phi) is 3.91. The molecule has 0 spiro atoms. The van der Waals surface area contributed by atoms with Gasteiger partial charge in [-0.15, -0.1) is 0 Å². The first-order chi connectivity index (χ1) is 6.59. The lowest BCUT2D eigenvalue weighted by molar-refractivity contribution is 0.119. The van der Waals surface area contributed by atoms with Crippen molar-refractivity contribution < 1.29 is 5.11 Å². The molecule has 14 heavy (non-hydrogen) atoms. The summed E-state index contributed by atoms with van der Waals surface area (Å²) < 4.78 is 0. The summed E-state index contributed by atoms with van der Waals surface area (Å²) in [4.78, 5) is 2.35. The number of piperidine rings is 1. The van der Waals surface area contributed by atoms with E-state index >= 15 is 0 Å². The van der Waals surface area contributed by atoms with Crippen molar-refractivity contribution in [3.8, 4) is 6.07 Å². The van der Waals surface area contributed by atoms with Crippen LogP contribution in [0.1, 0.15) is 26.7 Å². The number of hydrogen-bond acceptors (Lipinski definition) is 3. The lowest BCUT2D eigenvalue weighted by atomic mass is 9.82. The molecule has 1 heterocycles. The summed E-state index contributed by atoms with van der Waals surface area (Å²) >= 11 is 0. The fourth-order valence-corrected chi connectivity index (χ4v) is 1.84. The minimum atomic E-state index is -0.112. The average molecular weight is 196 g/mol. The van der Waals surface area contributed by atoms with Gasteiger partial charge in [-0.1, -0.05) is 6.92 Å². The highest BCUT2D eigenvalue weighted by Crippen LogP contribution is 2.29. The number of nitriles is 1. The topological polar surface area (TPSA) is 47.3 Å². The van der Waals surface area contributed by atoms with E-state index in [1.165, 1.54) is 0 Å². The standard InChI is InChI=1S/C11H20N2O/c1-10(8-14)7-13-5-3-11(2,9-12)4-6-13/h10,14H,3-8H2,1-2H3. The zero-order valence-corrected chi connectivity index (χ0v) is 9.16. The van der Waals surface area contributed by atoms with Crippen molar-refractivity contribution in [1.29, 1.82) is 5.26 Å². The van der Waals surface area contributed by atoms with Crippen molar-refractivity contribution >= 4 is 0 Å². The molecule has 3 heteroatoms. The molecule has 80 valence electrons. The number of hydrogen-bond donors (Lipinski definition) is 1. The van der Waals surface area contributed by atoms with E-state index in [1.807, 2.05) is 6.92 Å². The van der Waals surface area contributed by atoms with Gasteiger partial charge in [0.05, 0.1) is 11.5 Å². The van der Waals surface area contributed by atoms with Crippen LogP contribution in [-0.4, -0.2) is 36.2 Å². The quantitative estimate of drug-likeness (QED) is 0.738. The van der Waals surface area contributed by atoms with Gasteiger partial charge >= 0.3 is 0 Å². The van der Waals surface area contributed by atoms with E-state index in [2.05, 4.69) is 17.9 Å². The molecule has 0 amide bonds. The van der Waals surface area contributed by atoms with Gasteiger partial charge in [0.1, 0.15) is 0 Å². The number of rotatable bonds is 3. The number of aliphatic hydroxyl groups is 1. The molecule has 0 bridgehead atoms. The maximum absolute atomic E-state index is 8.96. The van der Waals surface area contributed by atoms with Crippen LogP contribution in [0.4, 0.5) is 0 Å². The van der Waals surface area contributed by atoms with Gasteiger partial charge in [-0.25, -0.2) is 0 Å². The molecule has 1 rings (SSSR count). The first-order valence-electron chi connectivity index (χ1n) is 5.34. The van der Waals surface area contributed by atoms with Crippen LogP contribution in [0.2, 0.25) is 0 Å². The monoisotopic (exact) mass is 196 g/mol. The van der Waals surface area contributed by atoms with E-state index < -0.39 is 0 Å². The fourth-order valence-electron chi connectivity index (χ4n) is 1.84. The molecular weight excluding hydrogens is 176 g/mol. The van der Waals surface area contributed by atoms with Gasteiger partial charge in [-0.3, -0.25) is 0 Å². The van der Waals surface area contributed by atoms with Gasteiger partial charge < -0.3 is 10.0 Å². The minimum Gasteiger partial charge on any atom is -0.396 e. The normalized spacial score (nSPS) is 24.1. The molecule has 3 nitrogen and oxygen atoms in total. The van der Waals surface area contributed by atoms with Crippen LogP contribution in [0.3, 0.4) is 0 Å². The second-order valence-corrected chi connectivity index (χ2v) is 4.76.